The monoisotopic (exact) mass is 293 g/mol. The lowest BCUT2D eigenvalue weighted by atomic mass is 10.3. The van der Waals surface area contributed by atoms with Crippen molar-refractivity contribution in [2.45, 2.75) is 24.3 Å². The number of hydrogen-bond acceptors (Lipinski definition) is 6. The van der Waals surface area contributed by atoms with Gasteiger partial charge in [-0.2, -0.15) is 11.8 Å². The van der Waals surface area contributed by atoms with Gasteiger partial charge in [0.1, 0.15) is 6.20 Å². The molecule has 0 saturated carbocycles. The van der Waals surface area contributed by atoms with Crippen molar-refractivity contribution < 1.29 is 4.92 Å². The summed E-state index contributed by atoms with van der Waals surface area (Å²) in [7, 11) is 0. The molecule has 0 unspecified atom stereocenters. The molecule has 20 heavy (non-hydrogen) atoms. The van der Waals surface area contributed by atoms with Gasteiger partial charge < -0.3 is 15.0 Å². The third-order valence-electron chi connectivity index (χ3n) is 3.26. The summed E-state index contributed by atoms with van der Waals surface area (Å²) >= 11 is 1.96. The first-order valence-electron chi connectivity index (χ1n) is 6.44. The molecule has 2 aromatic heterocycles. The molecule has 0 radical (unpaired) electrons. The van der Waals surface area contributed by atoms with Gasteiger partial charge in [-0.05, 0) is 11.0 Å². The molecule has 3 rings (SSSR count). The summed E-state index contributed by atoms with van der Waals surface area (Å²) in [5.41, 5.74) is 0.493. The minimum atomic E-state index is -0.464. The standard InChI is InChI=1S/C12H15N5O2S/c1-8-6-15(7-9(2)20-8)11-4-3-10-13-5-12(17(18)19)16(10)14-11/h3-5,8-9H,6-7H2,1-2H3/t8-,9-/m0/s1. The molecular weight excluding hydrogens is 278 g/mol. The van der Waals surface area contributed by atoms with Crippen LogP contribution in [0.3, 0.4) is 0 Å². The van der Waals surface area contributed by atoms with Crippen LogP contribution in [-0.4, -0.2) is 43.1 Å². The van der Waals surface area contributed by atoms with E-state index in [4.69, 9.17) is 0 Å². The normalized spacial score (nSPS) is 23.2. The Morgan fingerprint density at radius 1 is 1.35 bits per heavy atom. The van der Waals surface area contributed by atoms with Crippen molar-refractivity contribution in [3.63, 3.8) is 0 Å². The highest BCUT2D eigenvalue weighted by molar-refractivity contribution is 8.00. The molecule has 2 aromatic rings. The molecule has 0 aliphatic carbocycles. The highest BCUT2D eigenvalue weighted by Gasteiger charge is 2.25. The Morgan fingerprint density at radius 2 is 2.05 bits per heavy atom. The summed E-state index contributed by atoms with van der Waals surface area (Å²) < 4.78 is 1.30. The Morgan fingerprint density at radius 3 is 2.70 bits per heavy atom. The van der Waals surface area contributed by atoms with Gasteiger partial charge in [0.15, 0.2) is 5.82 Å². The van der Waals surface area contributed by atoms with Crippen LogP contribution in [0.25, 0.3) is 5.65 Å². The third kappa shape index (κ3) is 2.31. The van der Waals surface area contributed by atoms with E-state index in [2.05, 4.69) is 28.8 Å². The first kappa shape index (κ1) is 13.2. The Balaban J connectivity index is 1.99. The smallest absolute Gasteiger partial charge is 0.358 e. The van der Waals surface area contributed by atoms with Gasteiger partial charge in [-0.15, -0.1) is 0 Å². The van der Waals surface area contributed by atoms with Crippen LogP contribution in [0.1, 0.15) is 13.8 Å². The lowest BCUT2D eigenvalue weighted by molar-refractivity contribution is -0.391. The van der Waals surface area contributed by atoms with E-state index in [-0.39, 0.29) is 5.82 Å². The van der Waals surface area contributed by atoms with Crippen LogP contribution >= 0.6 is 11.8 Å². The predicted molar refractivity (Wildman–Crippen MR) is 78.4 cm³/mol. The second kappa shape index (κ2) is 4.93. The van der Waals surface area contributed by atoms with Crippen LogP contribution in [0.15, 0.2) is 18.3 Å². The van der Waals surface area contributed by atoms with Crippen molar-refractivity contribution in [3.8, 4) is 0 Å². The number of rotatable bonds is 2. The van der Waals surface area contributed by atoms with Crippen LogP contribution in [0, 0.1) is 10.1 Å². The predicted octanol–water partition coefficient (Wildman–Crippen LogP) is 1.97. The maximum absolute atomic E-state index is 11.0. The van der Waals surface area contributed by atoms with Crippen molar-refractivity contribution in [3.05, 3.63) is 28.4 Å². The van der Waals surface area contributed by atoms with Crippen LogP contribution < -0.4 is 4.90 Å². The Hall–Kier alpha value is -1.83. The first-order valence-corrected chi connectivity index (χ1v) is 7.38. The lowest BCUT2D eigenvalue weighted by Gasteiger charge is -2.34. The molecule has 8 heteroatoms. The molecule has 0 spiro atoms. The summed E-state index contributed by atoms with van der Waals surface area (Å²) in [6.45, 7) is 6.17. The topological polar surface area (TPSA) is 76.6 Å². The van der Waals surface area contributed by atoms with E-state index in [1.54, 1.807) is 6.07 Å². The van der Waals surface area contributed by atoms with E-state index in [0.717, 1.165) is 18.9 Å². The molecule has 1 aliphatic heterocycles. The summed E-state index contributed by atoms with van der Waals surface area (Å²) in [5, 5.41) is 16.4. The zero-order valence-corrected chi connectivity index (χ0v) is 12.1. The molecule has 0 amide bonds. The Kier molecular flexibility index (Phi) is 3.25. The van der Waals surface area contributed by atoms with Crippen LogP contribution in [0.4, 0.5) is 11.6 Å². The number of anilines is 1. The second-order valence-corrected chi connectivity index (χ2v) is 6.88. The van der Waals surface area contributed by atoms with E-state index in [0.29, 0.717) is 16.1 Å². The van der Waals surface area contributed by atoms with Crippen molar-refractivity contribution in [2.75, 3.05) is 18.0 Å². The Labute approximate surface area is 120 Å². The fraction of sp³-hybridized carbons (Fsp3) is 0.500. The molecule has 0 bridgehead atoms. The molecule has 1 aliphatic rings. The van der Waals surface area contributed by atoms with Crippen LogP contribution in [0.2, 0.25) is 0 Å². The van der Waals surface area contributed by atoms with Gasteiger partial charge >= 0.3 is 5.82 Å². The number of thioether (sulfide) groups is 1. The first-order chi connectivity index (χ1) is 9.54. The van der Waals surface area contributed by atoms with Gasteiger partial charge in [-0.25, -0.2) is 4.98 Å². The average molecular weight is 293 g/mol. The van der Waals surface area contributed by atoms with E-state index in [1.165, 1.54) is 10.7 Å². The van der Waals surface area contributed by atoms with Gasteiger partial charge in [0.2, 0.25) is 5.65 Å². The van der Waals surface area contributed by atoms with Crippen molar-refractivity contribution in [1.82, 2.24) is 14.6 Å². The summed E-state index contributed by atoms with van der Waals surface area (Å²) in [6, 6.07) is 3.65. The average Bonchev–Trinajstić information content (AvgIpc) is 2.80. The molecule has 1 fully saturated rings. The SMILES string of the molecule is C[C@H]1CN(c2ccc3ncc([N+](=O)[O-])n3n2)C[C@H](C)S1. The number of nitrogens with zero attached hydrogens (tertiary/aromatic N) is 5. The molecule has 7 nitrogen and oxygen atoms in total. The lowest BCUT2D eigenvalue weighted by Crippen LogP contribution is -2.41. The van der Waals surface area contributed by atoms with E-state index in [1.807, 2.05) is 17.8 Å². The van der Waals surface area contributed by atoms with Crippen molar-refractivity contribution >= 4 is 29.0 Å². The van der Waals surface area contributed by atoms with Crippen LogP contribution in [-0.2, 0) is 0 Å². The van der Waals surface area contributed by atoms with Gasteiger partial charge in [-0.3, -0.25) is 0 Å². The molecular formula is C12H15N5O2S. The molecule has 3 heterocycles. The summed E-state index contributed by atoms with van der Waals surface area (Å²) in [5.74, 6) is 0.659. The number of fused-ring (bicyclic) bond motifs is 1. The fourth-order valence-electron chi connectivity index (χ4n) is 2.51. The molecule has 106 valence electrons. The minimum absolute atomic E-state index is 0.102. The number of aromatic nitrogens is 3. The van der Waals surface area contributed by atoms with E-state index < -0.39 is 4.92 Å². The number of hydrogen-bond donors (Lipinski definition) is 0. The molecule has 0 aromatic carbocycles. The van der Waals surface area contributed by atoms with Gasteiger partial charge in [0.05, 0.1) is 0 Å². The maximum atomic E-state index is 11.0. The summed E-state index contributed by atoms with van der Waals surface area (Å²) in [4.78, 5) is 16.7. The number of nitro groups is 1. The van der Waals surface area contributed by atoms with Gasteiger partial charge in [-0.1, -0.05) is 23.5 Å². The molecule has 2 atom stereocenters. The third-order valence-corrected chi connectivity index (χ3v) is 4.49. The second-order valence-electron chi connectivity index (χ2n) is 5.00. The Bertz CT molecular complexity index is 648. The quantitative estimate of drug-likeness (QED) is 0.622. The molecule has 1 saturated heterocycles. The van der Waals surface area contributed by atoms with Crippen molar-refractivity contribution in [2.24, 2.45) is 0 Å². The zero-order chi connectivity index (χ0) is 14.3. The fourth-order valence-corrected chi connectivity index (χ4v) is 3.83. The maximum Gasteiger partial charge on any atom is 0.368 e. The number of imidazole rings is 1. The largest absolute Gasteiger partial charge is 0.368 e. The van der Waals surface area contributed by atoms with Gasteiger partial charge in [0.25, 0.3) is 0 Å². The van der Waals surface area contributed by atoms with E-state index in [9.17, 15) is 10.1 Å². The van der Waals surface area contributed by atoms with Crippen LogP contribution in [0.5, 0.6) is 0 Å². The minimum Gasteiger partial charge on any atom is -0.358 e. The summed E-state index contributed by atoms with van der Waals surface area (Å²) in [6.07, 6.45) is 1.24. The van der Waals surface area contributed by atoms with E-state index >= 15 is 0 Å². The molecule has 0 N–H and O–H groups in total. The highest BCUT2D eigenvalue weighted by Crippen LogP contribution is 2.28. The van der Waals surface area contributed by atoms with Gasteiger partial charge in [0, 0.05) is 29.7 Å². The van der Waals surface area contributed by atoms with Crippen molar-refractivity contribution in [1.29, 1.82) is 0 Å². The highest BCUT2D eigenvalue weighted by atomic mass is 32.2. The zero-order valence-electron chi connectivity index (χ0n) is 11.3.